The van der Waals surface area contributed by atoms with Crippen LogP contribution in [-0.4, -0.2) is 15.3 Å². The van der Waals surface area contributed by atoms with Gasteiger partial charge in [-0.2, -0.15) is 0 Å². The second kappa shape index (κ2) is 3.77. The summed E-state index contributed by atoms with van der Waals surface area (Å²) in [7, 11) is 0. The van der Waals surface area contributed by atoms with Crippen molar-refractivity contribution in [3.05, 3.63) is 27.6 Å². The highest BCUT2D eigenvalue weighted by Crippen LogP contribution is 2.30. The Morgan fingerprint density at radius 1 is 1.59 bits per heavy atom. The average molecular weight is 248 g/mol. The molecule has 17 heavy (non-hydrogen) atoms. The van der Waals surface area contributed by atoms with Gasteiger partial charge in [-0.25, -0.2) is 4.98 Å². The number of hydrogen-bond acceptors (Lipinski definition) is 4. The van der Waals surface area contributed by atoms with E-state index in [0.717, 1.165) is 23.9 Å². The Bertz CT molecular complexity index is 652. The van der Waals surface area contributed by atoms with Crippen LogP contribution in [0.3, 0.4) is 0 Å². The Labute approximate surface area is 102 Å². The third kappa shape index (κ3) is 1.80. The standard InChI is InChI=1S/C12H12N2O2S/c1-7-5-17-11-10(7)13-6-14(12(11)16)4-9(15)8-2-3-8/h5-6,8H,2-4H2,1H3. The fourth-order valence-corrected chi connectivity index (χ4v) is 2.83. The number of hydrogen-bond donors (Lipinski definition) is 0. The first-order valence-corrected chi connectivity index (χ1v) is 6.50. The lowest BCUT2D eigenvalue weighted by molar-refractivity contribution is -0.120. The SMILES string of the molecule is Cc1csc2c(=O)n(CC(=O)C3CC3)cnc12. The first-order chi connectivity index (χ1) is 8.16. The van der Waals surface area contributed by atoms with Crippen molar-refractivity contribution in [1.29, 1.82) is 0 Å². The molecule has 5 heteroatoms. The second-order valence-corrected chi connectivity index (χ2v) is 5.39. The Morgan fingerprint density at radius 3 is 3.06 bits per heavy atom. The summed E-state index contributed by atoms with van der Waals surface area (Å²) in [5.74, 6) is 0.337. The van der Waals surface area contributed by atoms with Gasteiger partial charge in [-0.3, -0.25) is 14.2 Å². The summed E-state index contributed by atoms with van der Waals surface area (Å²) in [5, 5.41) is 1.92. The molecule has 0 spiro atoms. The fourth-order valence-electron chi connectivity index (χ4n) is 1.88. The van der Waals surface area contributed by atoms with Crippen LogP contribution in [0.2, 0.25) is 0 Å². The molecule has 0 aromatic carbocycles. The van der Waals surface area contributed by atoms with E-state index in [9.17, 15) is 9.59 Å². The Balaban J connectivity index is 2.02. The maximum atomic E-state index is 12.1. The molecule has 2 heterocycles. The Kier molecular flexibility index (Phi) is 2.36. The van der Waals surface area contributed by atoms with Crippen molar-refractivity contribution in [3.8, 4) is 0 Å². The van der Waals surface area contributed by atoms with Crippen molar-refractivity contribution in [3.63, 3.8) is 0 Å². The molecule has 2 aromatic heterocycles. The van der Waals surface area contributed by atoms with Gasteiger partial charge in [-0.15, -0.1) is 11.3 Å². The topological polar surface area (TPSA) is 52.0 Å². The van der Waals surface area contributed by atoms with Gasteiger partial charge in [0.05, 0.1) is 18.4 Å². The number of Topliss-reactive ketones (excluding diaryl/α,β-unsaturated/α-hetero) is 1. The van der Waals surface area contributed by atoms with Crippen LogP contribution in [0.4, 0.5) is 0 Å². The van der Waals surface area contributed by atoms with Gasteiger partial charge >= 0.3 is 0 Å². The molecule has 88 valence electrons. The molecule has 1 fully saturated rings. The number of thiophene rings is 1. The molecule has 1 aliphatic rings. The highest BCUT2D eigenvalue weighted by atomic mass is 32.1. The molecule has 1 saturated carbocycles. The predicted octanol–water partition coefficient (Wildman–Crippen LogP) is 1.75. The molecular weight excluding hydrogens is 236 g/mol. The lowest BCUT2D eigenvalue weighted by Crippen LogP contribution is -2.24. The number of fused-ring (bicyclic) bond motifs is 1. The quantitative estimate of drug-likeness (QED) is 0.831. The van der Waals surface area contributed by atoms with Crippen LogP contribution in [0.1, 0.15) is 18.4 Å². The van der Waals surface area contributed by atoms with E-state index in [0.29, 0.717) is 4.70 Å². The van der Waals surface area contributed by atoms with Crippen LogP contribution < -0.4 is 5.56 Å². The highest BCUT2D eigenvalue weighted by Gasteiger charge is 2.29. The van der Waals surface area contributed by atoms with Crippen LogP contribution in [0.5, 0.6) is 0 Å². The zero-order valence-electron chi connectivity index (χ0n) is 9.47. The molecule has 0 saturated heterocycles. The van der Waals surface area contributed by atoms with E-state index in [-0.39, 0.29) is 23.8 Å². The minimum atomic E-state index is -0.0953. The van der Waals surface area contributed by atoms with Gasteiger partial charge in [0.1, 0.15) is 4.70 Å². The van der Waals surface area contributed by atoms with Crippen molar-refractivity contribution in [2.24, 2.45) is 5.92 Å². The van der Waals surface area contributed by atoms with Gasteiger partial charge in [-0.05, 0) is 30.7 Å². The summed E-state index contributed by atoms with van der Waals surface area (Å²) in [6.45, 7) is 2.11. The van der Waals surface area contributed by atoms with E-state index in [4.69, 9.17) is 0 Å². The molecule has 0 N–H and O–H groups in total. The molecule has 1 aliphatic carbocycles. The van der Waals surface area contributed by atoms with Crippen LogP contribution in [0.25, 0.3) is 10.2 Å². The minimum Gasteiger partial charge on any atom is -0.297 e. The smallest absolute Gasteiger partial charge is 0.271 e. The molecule has 0 bridgehead atoms. The van der Waals surface area contributed by atoms with Gasteiger partial charge in [0.15, 0.2) is 5.78 Å². The summed E-state index contributed by atoms with van der Waals surface area (Å²) in [4.78, 5) is 28.0. The van der Waals surface area contributed by atoms with Gasteiger partial charge in [0, 0.05) is 5.92 Å². The molecule has 0 unspecified atom stereocenters. The zero-order valence-corrected chi connectivity index (χ0v) is 10.3. The van der Waals surface area contributed by atoms with Crippen LogP contribution in [0, 0.1) is 12.8 Å². The molecule has 0 amide bonds. The maximum Gasteiger partial charge on any atom is 0.271 e. The minimum absolute atomic E-state index is 0.0953. The maximum absolute atomic E-state index is 12.1. The largest absolute Gasteiger partial charge is 0.297 e. The van der Waals surface area contributed by atoms with Crippen molar-refractivity contribution < 1.29 is 4.79 Å². The third-order valence-electron chi connectivity index (χ3n) is 3.08. The van der Waals surface area contributed by atoms with Crippen molar-refractivity contribution in [2.45, 2.75) is 26.3 Å². The number of aromatic nitrogens is 2. The normalized spacial score (nSPS) is 15.4. The number of carbonyl (C=O) groups is 1. The van der Waals surface area contributed by atoms with E-state index >= 15 is 0 Å². The highest BCUT2D eigenvalue weighted by molar-refractivity contribution is 7.17. The second-order valence-electron chi connectivity index (χ2n) is 4.51. The van der Waals surface area contributed by atoms with Gasteiger partial charge < -0.3 is 0 Å². The van der Waals surface area contributed by atoms with Crippen molar-refractivity contribution in [2.75, 3.05) is 0 Å². The van der Waals surface area contributed by atoms with Crippen molar-refractivity contribution in [1.82, 2.24) is 9.55 Å². The van der Waals surface area contributed by atoms with Crippen molar-refractivity contribution >= 4 is 27.3 Å². The van der Waals surface area contributed by atoms with Gasteiger partial charge in [0.25, 0.3) is 5.56 Å². The fraction of sp³-hybridized carbons (Fsp3) is 0.417. The third-order valence-corrected chi connectivity index (χ3v) is 4.16. The number of rotatable bonds is 3. The van der Waals surface area contributed by atoms with Crippen LogP contribution >= 0.6 is 11.3 Å². The number of carbonyl (C=O) groups excluding carboxylic acids is 1. The monoisotopic (exact) mass is 248 g/mol. The summed E-state index contributed by atoms with van der Waals surface area (Å²) in [6.07, 6.45) is 3.44. The van der Waals surface area contributed by atoms with E-state index < -0.39 is 0 Å². The molecular formula is C12H12N2O2S. The van der Waals surface area contributed by atoms with Crippen LogP contribution in [-0.2, 0) is 11.3 Å². The Morgan fingerprint density at radius 2 is 2.35 bits per heavy atom. The molecule has 3 rings (SSSR count). The van der Waals surface area contributed by atoms with E-state index in [1.165, 1.54) is 22.2 Å². The average Bonchev–Trinajstić information content (AvgIpc) is 3.08. The lowest BCUT2D eigenvalue weighted by atomic mass is 10.2. The number of nitrogens with zero attached hydrogens (tertiary/aromatic N) is 2. The molecule has 2 aromatic rings. The van der Waals surface area contributed by atoms with E-state index in [2.05, 4.69) is 4.98 Å². The number of ketones is 1. The summed E-state index contributed by atoms with van der Waals surface area (Å²) in [6, 6.07) is 0. The number of aryl methyl sites for hydroxylation is 1. The molecule has 0 atom stereocenters. The molecule has 0 radical (unpaired) electrons. The van der Waals surface area contributed by atoms with Crippen LogP contribution in [0.15, 0.2) is 16.5 Å². The van der Waals surface area contributed by atoms with E-state index in [1.54, 1.807) is 0 Å². The summed E-state index contributed by atoms with van der Waals surface area (Å²) in [5.41, 5.74) is 1.68. The summed E-state index contributed by atoms with van der Waals surface area (Å²) >= 11 is 1.40. The Hall–Kier alpha value is -1.49. The molecule has 4 nitrogen and oxygen atoms in total. The predicted molar refractivity (Wildman–Crippen MR) is 66.3 cm³/mol. The molecule has 0 aliphatic heterocycles. The van der Waals surface area contributed by atoms with Gasteiger partial charge in [0.2, 0.25) is 0 Å². The first kappa shape index (κ1) is 10.7. The van der Waals surface area contributed by atoms with E-state index in [1.807, 2.05) is 12.3 Å². The first-order valence-electron chi connectivity index (χ1n) is 5.63. The lowest BCUT2D eigenvalue weighted by Gasteiger charge is -2.03. The zero-order chi connectivity index (χ0) is 12.0. The summed E-state index contributed by atoms with van der Waals surface area (Å²) < 4.78 is 2.08. The van der Waals surface area contributed by atoms with Gasteiger partial charge in [-0.1, -0.05) is 0 Å².